The van der Waals surface area contributed by atoms with Crippen LogP contribution in [0.2, 0.25) is 0 Å². The highest BCUT2D eigenvalue weighted by molar-refractivity contribution is 6.06. The summed E-state index contributed by atoms with van der Waals surface area (Å²) in [5, 5.41) is 7.93. The van der Waals surface area contributed by atoms with Crippen LogP contribution in [0.25, 0.3) is 10.9 Å². The Hall–Kier alpha value is -3.22. The predicted octanol–water partition coefficient (Wildman–Crippen LogP) is 3.89. The number of rotatable bonds is 4. The molecule has 0 saturated carbocycles. The van der Waals surface area contributed by atoms with Crippen LogP contribution in [0, 0.1) is 19.8 Å². The molecule has 1 aromatic carbocycles. The Balaban J connectivity index is 1.62. The third-order valence-corrected chi connectivity index (χ3v) is 6.12. The predicted molar refractivity (Wildman–Crippen MR) is 119 cm³/mol. The van der Waals surface area contributed by atoms with Gasteiger partial charge in [-0.3, -0.25) is 14.5 Å². The average molecular weight is 421 g/mol. The Bertz CT molecular complexity index is 1180. The molecule has 0 radical (unpaired) electrons. The monoisotopic (exact) mass is 420 g/mol. The molecule has 0 unspecified atom stereocenters. The van der Waals surface area contributed by atoms with E-state index in [1.807, 2.05) is 45.2 Å². The Labute approximate surface area is 181 Å². The molecular formula is C24H28N4O3. The minimum atomic E-state index is -0.949. The zero-order chi connectivity index (χ0) is 22.3. The molecular weight excluding hydrogens is 392 g/mol. The molecule has 0 saturated heterocycles. The Kier molecular flexibility index (Phi) is 5.52. The van der Waals surface area contributed by atoms with Gasteiger partial charge in [0.15, 0.2) is 6.10 Å². The van der Waals surface area contributed by atoms with Crippen molar-refractivity contribution in [2.75, 3.05) is 5.32 Å². The van der Waals surface area contributed by atoms with Gasteiger partial charge in [-0.15, -0.1) is 0 Å². The summed E-state index contributed by atoms with van der Waals surface area (Å²) in [6.45, 7) is 7.48. The number of esters is 1. The third kappa shape index (κ3) is 3.92. The Morgan fingerprint density at radius 1 is 1.26 bits per heavy atom. The summed E-state index contributed by atoms with van der Waals surface area (Å²) in [5.74, 6) is -0.390. The van der Waals surface area contributed by atoms with Crippen LogP contribution in [0.4, 0.5) is 5.69 Å². The summed E-state index contributed by atoms with van der Waals surface area (Å²) in [4.78, 5) is 30.8. The first-order chi connectivity index (χ1) is 14.8. The number of amides is 1. The minimum absolute atomic E-state index is 0.381. The van der Waals surface area contributed by atoms with Gasteiger partial charge < -0.3 is 10.1 Å². The van der Waals surface area contributed by atoms with E-state index in [1.165, 1.54) is 0 Å². The highest BCUT2D eigenvalue weighted by atomic mass is 16.5. The lowest BCUT2D eigenvalue weighted by Gasteiger charge is -2.24. The van der Waals surface area contributed by atoms with Crippen molar-refractivity contribution in [2.24, 2.45) is 13.0 Å². The second-order valence-corrected chi connectivity index (χ2v) is 8.48. The molecule has 2 heterocycles. The molecule has 4 rings (SSSR count). The highest BCUT2D eigenvalue weighted by Crippen LogP contribution is 2.32. The van der Waals surface area contributed by atoms with Crippen LogP contribution in [0.3, 0.4) is 0 Å². The average Bonchev–Trinajstić information content (AvgIpc) is 2.97. The maximum atomic E-state index is 13.3. The van der Waals surface area contributed by atoms with E-state index in [1.54, 1.807) is 11.6 Å². The molecule has 1 aliphatic carbocycles. The van der Waals surface area contributed by atoms with Crippen molar-refractivity contribution >= 4 is 28.5 Å². The number of hydrogen-bond acceptors (Lipinski definition) is 5. The van der Waals surface area contributed by atoms with Crippen molar-refractivity contribution in [2.45, 2.75) is 53.1 Å². The Morgan fingerprint density at radius 2 is 2.00 bits per heavy atom. The minimum Gasteiger partial charge on any atom is -0.449 e. The number of para-hydroxylation sites is 1. The second kappa shape index (κ2) is 8.13. The number of carbonyl (C=O) groups is 2. The molecule has 0 fully saturated rings. The van der Waals surface area contributed by atoms with E-state index in [2.05, 4.69) is 17.3 Å². The molecule has 162 valence electrons. The molecule has 1 aliphatic rings. The van der Waals surface area contributed by atoms with Gasteiger partial charge in [0.05, 0.1) is 28.2 Å². The van der Waals surface area contributed by atoms with Crippen LogP contribution in [-0.4, -0.2) is 32.7 Å². The lowest BCUT2D eigenvalue weighted by molar-refractivity contribution is -0.123. The summed E-state index contributed by atoms with van der Waals surface area (Å²) in [6, 6.07) is 7.61. The summed E-state index contributed by atoms with van der Waals surface area (Å²) < 4.78 is 7.37. The van der Waals surface area contributed by atoms with E-state index in [0.29, 0.717) is 17.2 Å². The van der Waals surface area contributed by atoms with Crippen LogP contribution in [0.5, 0.6) is 0 Å². The van der Waals surface area contributed by atoms with E-state index < -0.39 is 12.1 Å². The van der Waals surface area contributed by atoms with Crippen molar-refractivity contribution in [3.05, 3.63) is 52.5 Å². The molecule has 1 amide bonds. The second-order valence-electron chi connectivity index (χ2n) is 8.48. The SMILES string of the molecule is Cc1nn(C)c(C)c1NC(=O)[C@@H](C)OC(=O)c1c2c(nc3ccccc13)CC[C@H](C)C2. The molecule has 2 atom stereocenters. The fourth-order valence-electron chi connectivity index (χ4n) is 4.25. The fraction of sp³-hybridized carbons (Fsp3) is 0.417. The van der Waals surface area contributed by atoms with Gasteiger partial charge in [0, 0.05) is 18.1 Å². The van der Waals surface area contributed by atoms with Gasteiger partial charge in [0.25, 0.3) is 5.91 Å². The largest absolute Gasteiger partial charge is 0.449 e. The van der Waals surface area contributed by atoms with E-state index >= 15 is 0 Å². The number of nitrogens with one attached hydrogen (secondary N) is 1. The zero-order valence-electron chi connectivity index (χ0n) is 18.7. The number of carbonyl (C=O) groups excluding carboxylic acids is 2. The van der Waals surface area contributed by atoms with Crippen molar-refractivity contribution in [1.82, 2.24) is 14.8 Å². The van der Waals surface area contributed by atoms with Gasteiger partial charge >= 0.3 is 5.97 Å². The van der Waals surface area contributed by atoms with Crippen molar-refractivity contribution in [1.29, 1.82) is 0 Å². The number of pyridine rings is 1. The van der Waals surface area contributed by atoms with E-state index in [0.717, 1.165) is 52.8 Å². The topological polar surface area (TPSA) is 86.1 Å². The third-order valence-electron chi connectivity index (χ3n) is 6.12. The summed E-state index contributed by atoms with van der Waals surface area (Å²) in [6.07, 6.45) is 1.73. The number of ether oxygens (including phenoxy) is 1. The molecule has 7 heteroatoms. The number of aryl methyl sites for hydroxylation is 3. The van der Waals surface area contributed by atoms with Crippen LogP contribution in [0.1, 0.15) is 53.3 Å². The van der Waals surface area contributed by atoms with Gasteiger partial charge in [-0.25, -0.2) is 4.79 Å². The lowest BCUT2D eigenvalue weighted by atomic mass is 9.84. The summed E-state index contributed by atoms with van der Waals surface area (Å²) in [7, 11) is 1.82. The van der Waals surface area contributed by atoms with E-state index in [-0.39, 0.29) is 5.91 Å². The van der Waals surface area contributed by atoms with E-state index in [9.17, 15) is 9.59 Å². The number of fused-ring (bicyclic) bond motifs is 2. The normalized spacial score (nSPS) is 16.6. The summed E-state index contributed by atoms with van der Waals surface area (Å²) in [5.41, 5.74) is 5.44. The van der Waals surface area contributed by atoms with Gasteiger partial charge in [-0.2, -0.15) is 5.10 Å². The van der Waals surface area contributed by atoms with Gasteiger partial charge in [0.2, 0.25) is 0 Å². The number of anilines is 1. The van der Waals surface area contributed by atoms with Gasteiger partial charge in [-0.1, -0.05) is 25.1 Å². The van der Waals surface area contributed by atoms with Gasteiger partial charge in [-0.05, 0) is 57.6 Å². The number of hydrogen-bond donors (Lipinski definition) is 1. The van der Waals surface area contributed by atoms with Crippen LogP contribution >= 0.6 is 0 Å². The maximum Gasteiger partial charge on any atom is 0.339 e. The van der Waals surface area contributed by atoms with Crippen LogP contribution in [0.15, 0.2) is 24.3 Å². The molecule has 7 nitrogen and oxygen atoms in total. The number of nitrogens with zero attached hydrogens (tertiary/aromatic N) is 3. The maximum absolute atomic E-state index is 13.3. The van der Waals surface area contributed by atoms with Crippen LogP contribution < -0.4 is 5.32 Å². The summed E-state index contributed by atoms with van der Waals surface area (Å²) >= 11 is 0. The van der Waals surface area contributed by atoms with Crippen LogP contribution in [-0.2, 0) is 29.4 Å². The van der Waals surface area contributed by atoms with Crippen molar-refractivity contribution < 1.29 is 14.3 Å². The van der Waals surface area contributed by atoms with E-state index in [4.69, 9.17) is 9.72 Å². The first-order valence-corrected chi connectivity index (χ1v) is 10.7. The highest BCUT2D eigenvalue weighted by Gasteiger charge is 2.28. The number of benzene rings is 1. The first kappa shape index (κ1) is 21.0. The molecule has 3 aromatic rings. The zero-order valence-corrected chi connectivity index (χ0v) is 18.7. The standard InChI is InChI=1S/C24H28N4O3/c1-13-10-11-20-18(12-13)21(17-8-6-7-9-19(17)25-20)24(30)31-16(4)23(29)26-22-14(2)27-28(5)15(22)3/h6-9,13,16H,10-12H2,1-5H3,(H,26,29)/t13-,16+/m0/s1. The molecule has 1 N–H and O–H groups in total. The molecule has 31 heavy (non-hydrogen) atoms. The first-order valence-electron chi connectivity index (χ1n) is 10.7. The van der Waals surface area contributed by atoms with Gasteiger partial charge in [0.1, 0.15) is 0 Å². The molecule has 2 aromatic heterocycles. The lowest BCUT2D eigenvalue weighted by Crippen LogP contribution is -2.31. The fourth-order valence-corrected chi connectivity index (χ4v) is 4.25. The number of aromatic nitrogens is 3. The smallest absolute Gasteiger partial charge is 0.339 e. The molecule has 0 bridgehead atoms. The molecule has 0 aliphatic heterocycles. The Morgan fingerprint density at radius 3 is 2.71 bits per heavy atom. The molecule has 0 spiro atoms. The van der Waals surface area contributed by atoms with Crippen molar-refractivity contribution in [3.63, 3.8) is 0 Å². The quantitative estimate of drug-likeness (QED) is 0.647. The van der Waals surface area contributed by atoms with Crippen molar-refractivity contribution in [3.8, 4) is 0 Å².